The van der Waals surface area contributed by atoms with Crippen molar-refractivity contribution in [2.24, 2.45) is 17.3 Å². The first-order valence-corrected chi connectivity index (χ1v) is 9.81. The fourth-order valence-electron chi connectivity index (χ4n) is 7.12. The van der Waals surface area contributed by atoms with Gasteiger partial charge in [0.25, 0.3) is 0 Å². The van der Waals surface area contributed by atoms with Gasteiger partial charge < -0.3 is 24.1 Å². The van der Waals surface area contributed by atoms with E-state index in [0.717, 1.165) is 17.6 Å². The predicted molar refractivity (Wildman–Crippen MR) is 89.2 cm³/mol. The van der Waals surface area contributed by atoms with E-state index in [9.17, 15) is 9.90 Å². The molecule has 26 heavy (non-hydrogen) atoms. The Bertz CT molecular complexity index is 774. The molecule has 0 aromatic carbocycles. The van der Waals surface area contributed by atoms with E-state index in [1.807, 2.05) is 6.92 Å². The Morgan fingerprint density at radius 3 is 2.69 bits per heavy atom. The second-order valence-electron chi connectivity index (χ2n) is 9.69. The Morgan fingerprint density at radius 1 is 1.19 bits per heavy atom. The number of cyclic esters (lactones) is 1. The van der Waals surface area contributed by atoms with E-state index in [4.69, 9.17) is 18.9 Å². The van der Waals surface area contributed by atoms with Gasteiger partial charge in [0.05, 0.1) is 6.61 Å². The molecule has 3 saturated heterocycles. The van der Waals surface area contributed by atoms with Crippen LogP contribution in [0.5, 0.6) is 0 Å². The molecule has 6 rings (SSSR count). The zero-order chi connectivity index (χ0) is 18.3. The molecule has 4 fully saturated rings. The number of fused-ring (bicyclic) bond motifs is 4. The second-order valence-corrected chi connectivity index (χ2v) is 9.69. The van der Waals surface area contributed by atoms with Gasteiger partial charge in [0.1, 0.15) is 41.7 Å². The lowest BCUT2D eigenvalue weighted by molar-refractivity contribution is -0.253. The summed E-state index contributed by atoms with van der Waals surface area (Å²) in [6, 6.07) is 0. The zero-order valence-electron chi connectivity index (χ0n) is 15.7. The summed E-state index contributed by atoms with van der Waals surface area (Å²) in [6.45, 7) is 9.29. The van der Waals surface area contributed by atoms with E-state index in [1.54, 1.807) is 0 Å². The summed E-state index contributed by atoms with van der Waals surface area (Å²) < 4.78 is 24.3. The Hall–Kier alpha value is -0.950. The molecule has 4 heterocycles. The molecule has 0 amide bonds. The normalized spacial score (nSPS) is 59.1. The number of epoxide rings is 2. The molecule has 0 aromatic heterocycles. The summed E-state index contributed by atoms with van der Waals surface area (Å²) in [5.74, 6) is 0.111. The van der Waals surface area contributed by atoms with Gasteiger partial charge in [0.15, 0.2) is 0 Å². The summed E-state index contributed by atoms with van der Waals surface area (Å²) in [7, 11) is 0. The smallest absolute Gasteiger partial charge is 0.334 e. The molecule has 8 atom stereocenters. The van der Waals surface area contributed by atoms with Crippen LogP contribution in [0.2, 0.25) is 0 Å². The molecule has 6 aliphatic rings. The Morgan fingerprint density at radius 2 is 1.96 bits per heavy atom. The number of ether oxygens (including phenoxy) is 4. The quantitative estimate of drug-likeness (QED) is 0.560. The fraction of sp³-hybridized carbons (Fsp3) is 0.850. The van der Waals surface area contributed by atoms with Gasteiger partial charge in [0.2, 0.25) is 0 Å². The second kappa shape index (κ2) is 4.22. The van der Waals surface area contributed by atoms with Crippen LogP contribution in [0.1, 0.15) is 40.5 Å². The molecule has 1 N–H and O–H groups in total. The number of carbonyl (C=O) groups is 1. The van der Waals surface area contributed by atoms with Gasteiger partial charge in [0, 0.05) is 16.9 Å². The standard InChI is InChI=1S/C20H26O6/c1-9(2)19-13(25-19)14-20(26-14)17(3)6-5-10-11(7-23-15(10)21)12(17)8-24-18(20,4)16(19)22/h9,12-14,16,22H,5-8H2,1-4H3/t12-,13-,14-,16-,17-,18+,19?,20+/m0/s1. The van der Waals surface area contributed by atoms with Crippen molar-refractivity contribution >= 4 is 5.97 Å². The number of esters is 1. The maximum Gasteiger partial charge on any atom is 0.334 e. The van der Waals surface area contributed by atoms with Crippen LogP contribution in [-0.2, 0) is 23.7 Å². The number of carbonyl (C=O) groups excluding carboxylic acids is 1. The van der Waals surface area contributed by atoms with Gasteiger partial charge in [-0.3, -0.25) is 0 Å². The number of hydrogen-bond acceptors (Lipinski definition) is 6. The lowest BCUT2D eigenvalue weighted by Gasteiger charge is -2.59. The van der Waals surface area contributed by atoms with E-state index in [1.165, 1.54) is 0 Å². The van der Waals surface area contributed by atoms with Crippen molar-refractivity contribution in [3.8, 4) is 0 Å². The van der Waals surface area contributed by atoms with Crippen molar-refractivity contribution in [2.75, 3.05) is 13.2 Å². The summed E-state index contributed by atoms with van der Waals surface area (Å²) in [6.07, 6.45) is 0.711. The molecule has 2 aliphatic carbocycles. The minimum Gasteiger partial charge on any atom is -0.458 e. The van der Waals surface area contributed by atoms with E-state index < -0.39 is 22.9 Å². The first-order valence-electron chi connectivity index (χ1n) is 9.81. The predicted octanol–water partition coefficient (Wildman–Crippen LogP) is 1.35. The third-order valence-corrected chi connectivity index (χ3v) is 8.71. The molecule has 142 valence electrons. The van der Waals surface area contributed by atoms with Crippen LogP contribution < -0.4 is 0 Å². The van der Waals surface area contributed by atoms with Crippen molar-refractivity contribution in [3.63, 3.8) is 0 Å². The van der Waals surface area contributed by atoms with Crippen LogP contribution in [0.15, 0.2) is 11.1 Å². The Kier molecular flexibility index (Phi) is 2.60. The Balaban J connectivity index is 1.48. The highest BCUT2D eigenvalue weighted by atomic mass is 16.7. The van der Waals surface area contributed by atoms with Crippen molar-refractivity contribution in [3.05, 3.63) is 11.1 Å². The summed E-state index contributed by atoms with van der Waals surface area (Å²) in [4.78, 5) is 12.0. The molecule has 1 spiro atoms. The molecular weight excluding hydrogens is 336 g/mol. The third-order valence-electron chi connectivity index (χ3n) is 8.71. The lowest BCUT2D eigenvalue weighted by Crippen LogP contribution is -2.74. The minimum absolute atomic E-state index is 0.0497. The molecular formula is C20H26O6. The largest absolute Gasteiger partial charge is 0.458 e. The number of rotatable bonds is 1. The highest BCUT2D eigenvalue weighted by molar-refractivity contribution is 5.92. The number of aliphatic hydroxyl groups excluding tert-OH is 1. The topological polar surface area (TPSA) is 80.8 Å². The molecule has 0 radical (unpaired) electrons. The SMILES string of the molecule is CC(C)C12O[C@H]1[C@@H]1O[C@@]13[C@@]1(C)CCC4=C(COC4=O)[C@@H]1CO[C@]3(C)[C@@H]2O. The third kappa shape index (κ3) is 1.32. The average Bonchev–Trinajstić information content (AvgIpc) is 3.46. The average molecular weight is 362 g/mol. The van der Waals surface area contributed by atoms with Crippen molar-refractivity contribution < 1.29 is 28.8 Å². The number of aliphatic hydroxyl groups is 1. The summed E-state index contributed by atoms with van der Waals surface area (Å²) in [5.41, 5.74) is -0.208. The first kappa shape index (κ1) is 16.0. The van der Waals surface area contributed by atoms with Crippen molar-refractivity contribution in [1.82, 2.24) is 0 Å². The van der Waals surface area contributed by atoms with Crippen molar-refractivity contribution in [2.45, 2.75) is 75.7 Å². The van der Waals surface area contributed by atoms with Gasteiger partial charge in [-0.05, 0) is 31.3 Å². The molecule has 1 unspecified atom stereocenters. The zero-order valence-corrected chi connectivity index (χ0v) is 15.7. The van der Waals surface area contributed by atoms with Crippen molar-refractivity contribution in [1.29, 1.82) is 0 Å². The molecule has 0 aromatic rings. The maximum atomic E-state index is 12.0. The molecule has 1 saturated carbocycles. The minimum atomic E-state index is -0.804. The first-order chi connectivity index (χ1) is 12.2. The number of hydrogen-bond donors (Lipinski definition) is 1. The highest BCUT2D eigenvalue weighted by Gasteiger charge is 2.93. The maximum absolute atomic E-state index is 12.0. The van der Waals surface area contributed by atoms with Gasteiger partial charge >= 0.3 is 5.97 Å². The lowest BCUT2D eigenvalue weighted by atomic mass is 9.49. The van der Waals surface area contributed by atoms with Crippen LogP contribution in [0.3, 0.4) is 0 Å². The molecule has 4 aliphatic heterocycles. The highest BCUT2D eigenvalue weighted by Crippen LogP contribution is 2.76. The summed E-state index contributed by atoms with van der Waals surface area (Å²) >= 11 is 0. The van der Waals surface area contributed by atoms with Gasteiger partial charge in [-0.15, -0.1) is 0 Å². The van der Waals surface area contributed by atoms with Gasteiger partial charge in [-0.2, -0.15) is 0 Å². The fourth-order valence-corrected chi connectivity index (χ4v) is 7.12. The van der Waals surface area contributed by atoms with Gasteiger partial charge in [-0.25, -0.2) is 4.79 Å². The van der Waals surface area contributed by atoms with Gasteiger partial charge in [-0.1, -0.05) is 20.8 Å². The molecule has 6 nitrogen and oxygen atoms in total. The Labute approximate surface area is 152 Å². The van der Waals surface area contributed by atoms with Crippen LogP contribution in [0.25, 0.3) is 0 Å². The van der Waals surface area contributed by atoms with E-state index in [2.05, 4.69) is 20.8 Å². The van der Waals surface area contributed by atoms with Crippen LogP contribution >= 0.6 is 0 Å². The van der Waals surface area contributed by atoms with Crippen LogP contribution in [0.4, 0.5) is 0 Å². The monoisotopic (exact) mass is 362 g/mol. The van der Waals surface area contributed by atoms with E-state index >= 15 is 0 Å². The van der Waals surface area contributed by atoms with Crippen LogP contribution in [-0.4, -0.2) is 59.4 Å². The van der Waals surface area contributed by atoms with E-state index in [-0.39, 0.29) is 35.4 Å². The summed E-state index contributed by atoms with van der Waals surface area (Å²) in [5, 5.41) is 11.4. The van der Waals surface area contributed by atoms with E-state index in [0.29, 0.717) is 19.6 Å². The molecule has 6 heteroatoms. The molecule has 0 bridgehead atoms. The van der Waals surface area contributed by atoms with Crippen LogP contribution in [0, 0.1) is 17.3 Å².